The number of hydrogen-bond donors (Lipinski definition) is 0. The number of anilines is 1. The van der Waals surface area contributed by atoms with Crippen molar-refractivity contribution in [1.82, 2.24) is 0 Å². The SMILES string of the molecule is CN(C(=O)C1CC1(C)C)c1cccc(C#N)c1. The fourth-order valence-corrected chi connectivity index (χ4v) is 2.03. The zero-order valence-electron chi connectivity index (χ0n) is 10.4. The Labute approximate surface area is 102 Å². The number of rotatable bonds is 2. The molecule has 0 heterocycles. The van der Waals surface area contributed by atoms with Crippen LogP contribution in [0.15, 0.2) is 24.3 Å². The zero-order chi connectivity index (χ0) is 12.6. The summed E-state index contributed by atoms with van der Waals surface area (Å²) in [6.45, 7) is 4.21. The Hall–Kier alpha value is -1.82. The van der Waals surface area contributed by atoms with Crippen molar-refractivity contribution in [3.8, 4) is 6.07 Å². The van der Waals surface area contributed by atoms with Crippen LogP contribution in [-0.2, 0) is 4.79 Å². The van der Waals surface area contributed by atoms with Crippen LogP contribution in [0, 0.1) is 22.7 Å². The molecule has 0 N–H and O–H groups in total. The molecule has 88 valence electrons. The van der Waals surface area contributed by atoms with Crippen molar-refractivity contribution in [3.05, 3.63) is 29.8 Å². The molecule has 1 aliphatic rings. The van der Waals surface area contributed by atoms with Crippen LogP contribution >= 0.6 is 0 Å². The van der Waals surface area contributed by atoms with Crippen LogP contribution in [-0.4, -0.2) is 13.0 Å². The molecule has 3 heteroatoms. The van der Waals surface area contributed by atoms with E-state index in [0.717, 1.165) is 12.1 Å². The van der Waals surface area contributed by atoms with Crippen LogP contribution in [0.4, 0.5) is 5.69 Å². The van der Waals surface area contributed by atoms with Crippen molar-refractivity contribution in [2.45, 2.75) is 20.3 Å². The summed E-state index contributed by atoms with van der Waals surface area (Å²) in [6, 6.07) is 9.22. The quantitative estimate of drug-likeness (QED) is 0.780. The van der Waals surface area contributed by atoms with E-state index >= 15 is 0 Å². The number of carbonyl (C=O) groups excluding carboxylic acids is 1. The Balaban J connectivity index is 2.17. The predicted molar refractivity (Wildman–Crippen MR) is 66.5 cm³/mol. The highest BCUT2D eigenvalue weighted by Gasteiger charge is 2.51. The van der Waals surface area contributed by atoms with Gasteiger partial charge in [0, 0.05) is 18.7 Å². The highest BCUT2D eigenvalue weighted by Crippen LogP contribution is 2.52. The van der Waals surface area contributed by atoms with Gasteiger partial charge in [-0.2, -0.15) is 5.26 Å². The molecule has 1 unspecified atom stereocenters. The average Bonchev–Trinajstić information content (AvgIpc) is 2.96. The first-order valence-electron chi connectivity index (χ1n) is 5.73. The fraction of sp³-hybridized carbons (Fsp3) is 0.429. The number of benzene rings is 1. The Bertz CT molecular complexity index is 499. The number of carbonyl (C=O) groups is 1. The second-order valence-corrected chi connectivity index (χ2v) is 5.30. The lowest BCUT2D eigenvalue weighted by Gasteiger charge is -2.18. The molecule has 1 aliphatic carbocycles. The van der Waals surface area contributed by atoms with E-state index in [0.29, 0.717) is 5.56 Å². The maximum atomic E-state index is 12.2. The topological polar surface area (TPSA) is 44.1 Å². The normalized spacial score (nSPS) is 20.5. The molecule has 0 saturated heterocycles. The molecule has 1 amide bonds. The number of amides is 1. The third-order valence-corrected chi connectivity index (χ3v) is 3.50. The smallest absolute Gasteiger partial charge is 0.230 e. The fourth-order valence-electron chi connectivity index (χ4n) is 2.03. The third kappa shape index (κ3) is 2.16. The van der Waals surface area contributed by atoms with Gasteiger partial charge >= 0.3 is 0 Å². The molecule has 1 aromatic carbocycles. The summed E-state index contributed by atoms with van der Waals surface area (Å²) >= 11 is 0. The summed E-state index contributed by atoms with van der Waals surface area (Å²) in [5, 5.41) is 8.83. The van der Waals surface area contributed by atoms with Crippen LogP contribution in [0.5, 0.6) is 0 Å². The third-order valence-electron chi connectivity index (χ3n) is 3.50. The summed E-state index contributed by atoms with van der Waals surface area (Å²) in [5.41, 5.74) is 1.51. The van der Waals surface area contributed by atoms with E-state index in [2.05, 4.69) is 19.9 Å². The van der Waals surface area contributed by atoms with Crippen molar-refractivity contribution in [2.24, 2.45) is 11.3 Å². The molecule has 1 saturated carbocycles. The van der Waals surface area contributed by atoms with E-state index in [1.54, 1.807) is 30.1 Å². The van der Waals surface area contributed by atoms with Gasteiger partial charge in [-0.15, -0.1) is 0 Å². The molecule has 1 fully saturated rings. The second-order valence-electron chi connectivity index (χ2n) is 5.30. The van der Waals surface area contributed by atoms with E-state index < -0.39 is 0 Å². The van der Waals surface area contributed by atoms with E-state index in [4.69, 9.17) is 5.26 Å². The van der Waals surface area contributed by atoms with Crippen molar-refractivity contribution < 1.29 is 4.79 Å². The Morgan fingerprint density at radius 3 is 2.71 bits per heavy atom. The molecule has 0 bridgehead atoms. The minimum absolute atomic E-state index is 0.123. The van der Waals surface area contributed by atoms with Crippen molar-refractivity contribution in [2.75, 3.05) is 11.9 Å². The Morgan fingerprint density at radius 1 is 1.53 bits per heavy atom. The van der Waals surface area contributed by atoms with Crippen LogP contribution in [0.1, 0.15) is 25.8 Å². The largest absolute Gasteiger partial charge is 0.315 e. The first-order chi connectivity index (χ1) is 7.95. The lowest BCUT2D eigenvalue weighted by Crippen LogP contribution is -2.29. The van der Waals surface area contributed by atoms with Gasteiger partial charge < -0.3 is 4.90 Å². The van der Waals surface area contributed by atoms with Crippen molar-refractivity contribution in [1.29, 1.82) is 5.26 Å². The van der Waals surface area contributed by atoms with Gasteiger partial charge in [0.2, 0.25) is 5.91 Å². The first kappa shape index (κ1) is 11.7. The standard InChI is InChI=1S/C14H16N2O/c1-14(2)8-12(14)13(17)16(3)11-6-4-5-10(7-11)9-15/h4-7,12H,8H2,1-3H3. The van der Waals surface area contributed by atoms with Crippen LogP contribution in [0.2, 0.25) is 0 Å². The molecule has 17 heavy (non-hydrogen) atoms. The van der Waals surface area contributed by atoms with Gasteiger partial charge in [0.25, 0.3) is 0 Å². The molecule has 1 atom stereocenters. The molecular weight excluding hydrogens is 212 g/mol. The van der Waals surface area contributed by atoms with Gasteiger partial charge in [0.05, 0.1) is 11.6 Å². The first-order valence-corrected chi connectivity index (χ1v) is 5.73. The van der Waals surface area contributed by atoms with Gasteiger partial charge in [-0.3, -0.25) is 4.79 Å². The van der Waals surface area contributed by atoms with E-state index in [9.17, 15) is 4.79 Å². The van der Waals surface area contributed by atoms with Crippen molar-refractivity contribution >= 4 is 11.6 Å². The average molecular weight is 228 g/mol. The second kappa shape index (κ2) is 3.89. The molecule has 0 aliphatic heterocycles. The predicted octanol–water partition coefficient (Wildman–Crippen LogP) is 2.57. The lowest BCUT2D eigenvalue weighted by molar-refractivity contribution is -0.120. The van der Waals surface area contributed by atoms with Crippen LogP contribution < -0.4 is 4.90 Å². The number of nitrogens with zero attached hydrogens (tertiary/aromatic N) is 2. The van der Waals surface area contributed by atoms with Crippen LogP contribution in [0.25, 0.3) is 0 Å². The minimum Gasteiger partial charge on any atom is -0.315 e. The van der Waals surface area contributed by atoms with Crippen LogP contribution in [0.3, 0.4) is 0 Å². The summed E-state index contributed by atoms with van der Waals surface area (Å²) < 4.78 is 0. The molecule has 0 radical (unpaired) electrons. The lowest BCUT2D eigenvalue weighted by atomic mass is 10.1. The molecule has 2 rings (SSSR count). The molecular formula is C14H16N2O. The van der Waals surface area contributed by atoms with Gasteiger partial charge in [0.1, 0.15) is 0 Å². The Kier molecular flexibility index (Phi) is 2.66. The summed E-state index contributed by atoms with van der Waals surface area (Å²) in [5.74, 6) is 0.267. The van der Waals surface area contributed by atoms with Crippen molar-refractivity contribution in [3.63, 3.8) is 0 Å². The molecule has 0 aromatic heterocycles. The summed E-state index contributed by atoms with van der Waals surface area (Å²) in [4.78, 5) is 13.8. The minimum atomic E-state index is 0.123. The van der Waals surface area contributed by atoms with Gasteiger partial charge in [-0.1, -0.05) is 19.9 Å². The van der Waals surface area contributed by atoms with Gasteiger partial charge in [-0.25, -0.2) is 0 Å². The van der Waals surface area contributed by atoms with E-state index in [1.165, 1.54) is 0 Å². The van der Waals surface area contributed by atoms with Gasteiger partial charge in [-0.05, 0) is 30.0 Å². The monoisotopic (exact) mass is 228 g/mol. The molecule has 0 spiro atoms. The van der Waals surface area contributed by atoms with E-state index in [1.807, 2.05) is 6.07 Å². The van der Waals surface area contributed by atoms with E-state index in [-0.39, 0.29) is 17.2 Å². The molecule has 1 aromatic rings. The summed E-state index contributed by atoms with van der Waals surface area (Å²) in [6.07, 6.45) is 0.952. The number of nitriles is 1. The highest BCUT2D eigenvalue weighted by molar-refractivity contribution is 5.96. The maximum absolute atomic E-state index is 12.2. The number of hydrogen-bond acceptors (Lipinski definition) is 2. The highest BCUT2D eigenvalue weighted by atomic mass is 16.2. The summed E-state index contributed by atoms with van der Waals surface area (Å²) in [7, 11) is 1.77. The maximum Gasteiger partial charge on any atom is 0.230 e. The Morgan fingerprint density at radius 2 is 2.18 bits per heavy atom. The molecule has 3 nitrogen and oxygen atoms in total. The zero-order valence-corrected chi connectivity index (χ0v) is 10.4. The van der Waals surface area contributed by atoms with Gasteiger partial charge in [0.15, 0.2) is 0 Å².